The molecule has 3 rings (SSSR count). The lowest BCUT2D eigenvalue weighted by molar-refractivity contribution is 0.0697. The normalized spacial score (nSPS) is 18.0. The largest absolute Gasteiger partial charge is 0.478 e. The molecule has 1 aliphatic carbocycles. The first-order valence-corrected chi connectivity index (χ1v) is 8.59. The number of aromatic nitrogens is 2. The minimum absolute atomic E-state index is 0.269. The summed E-state index contributed by atoms with van der Waals surface area (Å²) in [5, 5.41) is 9.16. The fourth-order valence-corrected chi connectivity index (χ4v) is 4.21. The minimum Gasteiger partial charge on any atom is -0.478 e. The molecule has 1 aromatic heterocycles. The number of imidazole rings is 1. The summed E-state index contributed by atoms with van der Waals surface area (Å²) in [4.78, 5) is 15.6. The Balaban J connectivity index is 1.96. The predicted octanol–water partition coefficient (Wildman–Crippen LogP) is 3.80. The van der Waals surface area contributed by atoms with Crippen LogP contribution in [0.2, 0.25) is 0 Å². The van der Waals surface area contributed by atoms with Gasteiger partial charge in [0.2, 0.25) is 0 Å². The topological polar surface area (TPSA) is 55.1 Å². The number of carboxylic acid groups (broad SMARTS) is 1. The van der Waals surface area contributed by atoms with Gasteiger partial charge in [0.15, 0.2) is 0 Å². The molecule has 1 fully saturated rings. The summed E-state index contributed by atoms with van der Waals surface area (Å²) in [6.07, 6.45) is 10.4. The zero-order valence-electron chi connectivity index (χ0n) is 12.2. The molecule has 0 saturated heterocycles. The molecular formula is C16H20N2O2S. The molecule has 5 heteroatoms. The number of aromatic carboxylic acids is 1. The number of carbonyl (C=O) groups is 1. The Morgan fingerprint density at radius 1 is 1.38 bits per heavy atom. The molecule has 0 atom stereocenters. The average molecular weight is 304 g/mol. The molecular weight excluding hydrogens is 284 g/mol. The molecule has 1 N–H and O–H groups in total. The maximum absolute atomic E-state index is 11.2. The van der Waals surface area contributed by atoms with Gasteiger partial charge in [-0.2, -0.15) is 11.8 Å². The lowest BCUT2D eigenvalue weighted by atomic mass is 9.88. The second-order valence-corrected chi connectivity index (χ2v) is 7.10. The molecule has 0 spiro atoms. The molecule has 0 bridgehead atoms. The van der Waals surface area contributed by atoms with E-state index >= 15 is 0 Å². The summed E-state index contributed by atoms with van der Waals surface area (Å²) in [6.45, 7) is 0.910. The first-order chi connectivity index (χ1) is 10.1. The van der Waals surface area contributed by atoms with E-state index < -0.39 is 5.97 Å². The Hall–Kier alpha value is -1.49. The number of thioether (sulfide) groups is 1. The van der Waals surface area contributed by atoms with E-state index in [4.69, 9.17) is 5.11 Å². The SMILES string of the molecule is CSC1(Cn2cnc3ccc(C(=O)O)cc32)CCCCC1. The van der Waals surface area contributed by atoms with E-state index in [0.717, 1.165) is 17.6 Å². The van der Waals surface area contributed by atoms with Crippen molar-refractivity contribution in [2.75, 3.05) is 6.26 Å². The third kappa shape index (κ3) is 2.79. The van der Waals surface area contributed by atoms with Crippen molar-refractivity contribution < 1.29 is 9.90 Å². The van der Waals surface area contributed by atoms with Crippen LogP contribution >= 0.6 is 11.8 Å². The zero-order chi connectivity index (χ0) is 14.9. The van der Waals surface area contributed by atoms with Gasteiger partial charge >= 0.3 is 5.97 Å². The summed E-state index contributed by atoms with van der Waals surface area (Å²) >= 11 is 1.95. The first kappa shape index (κ1) is 14.4. The molecule has 112 valence electrons. The quantitative estimate of drug-likeness (QED) is 0.933. The molecule has 0 aliphatic heterocycles. The molecule has 4 nitrogen and oxygen atoms in total. The Morgan fingerprint density at radius 2 is 2.14 bits per heavy atom. The van der Waals surface area contributed by atoms with E-state index in [9.17, 15) is 4.79 Å². The highest BCUT2D eigenvalue weighted by Crippen LogP contribution is 2.40. The molecule has 1 aromatic carbocycles. The highest BCUT2D eigenvalue weighted by molar-refractivity contribution is 8.00. The van der Waals surface area contributed by atoms with E-state index in [1.165, 1.54) is 32.1 Å². The molecule has 1 saturated carbocycles. The van der Waals surface area contributed by atoms with Crippen molar-refractivity contribution in [1.29, 1.82) is 0 Å². The van der Waals surface area contributed by atoms with Crippen LogP contribution in [-0.2, 0) is 6.54 Å². The second kappa shape index (κ2) is 5.72. The van der Waals surface area contributed by atoms with Gasteiger partial charge in [0.05, 0.1) is 22.9 Å². The van der Waals surface area contributed by atoms with Crippen molar-refractivity contribution in [3.63, 3.8) is 0 Å². The van der Waals surface area contributed by atoms with Gasteiger partial charge in [0.1, 0.15) is 0 Å². The lowest BCUT2D eigenvalue weighted by Crippen LogP contribution is -2.32. The number of nitrogens with zero attached hydrogens (tertiary/aromatic N) is 2. The molecule has 1 aliphatic rings. The van der Waals surface area contributed by atoms with Crippen molar-refractivity contribution in [3.8, 4) is 0 Å². The molecule has 2 aromatic rings. The number of hydrogen-bond donors (Lipinski definition) is 1. The van der Waals surface area contributed by atoms with Crippen LogP contribution in [0.25, 0.3) is 11.0 Å². The third-order valence-electron chi connectivity index (χ3n) is 4.52. The average Bonchev–Trinajstić information content (AvgIpc) is 2.90. The summed E-state index contributed by atoms with van der Waals surface area (Å²) in [7, 11) is 0. The van der Waals surface area contributed by atoms with E-state index in [1.54, 1.807) is 18.2 Å². The van der Waals surface area contributed by atoms with Crippen molar-refractivity contribution in [1.82, 2.24) is 9.55 Å². The molecule has 0 radical (unpaired) electrons. The number of rotatable bonds is 4. The molecule has 0 unspecified atom stereocenters. The molecule has 0 amide bonds. The highest BCUT2D eigenvalue weighted by Gasteiger charge is 2.31. The van der Waals surface area contributed by atoms with Crippen LogP contribution in [0.4, 0.5) is 0 Å². The van der Waals surface area contributed by atoms with Gasteiger partial charge < -0.3 is 9.67 Å². The van der Waals surface area contributed by atoms with E-state index in [-0.39, 0.29) is 4.75 Å². The second-order valence-electron chi connectivity index (χ2n) is 5.83. The summed E-state index contributed by atoms with van der Waals surface area (Å²) in [5.41, 5.74) is 2.12. The van der Waals surface area contributed by atoms with Crippen LogP contribution in [0.3, 0.4) is 0 Å². The number of hydrogen-bond acceptors (Lipinski definition) is 3. The van der Waals surface area contributed by atoms with Gasteiger partial charge in [-0.25, -0.2) is 9.78 Å². The van der Waals surface area contributed by atoms with Gasteiger partial charge in [-0.15, -0.1) is 0 Å². The Kier molecular flexibility index (Phi) is 3.93. The van der Waals surface area contributed by atoms with Crippen LogP contribution in [0.15, 0.2) is 24.5 Å². The maximum Gasteiger partial charge on any atom is 0.335 e. The Bertz CT molecular complexity index is 659. The number of carboxylic acids is 1. The van der Waals surface area contributed by atoms with Gasteiger partial charge in [0.25, 0.3) is 0 Å². The first-order valence-electron chi connectivity index (χ1n) is 7.37. The molecule has 1 heterocycles. The standard InChI is InChI=1S/C16H20N2O2S/c1-21-16(7-3-2-4-8-16)10-18-11-17-13-6-5-12(15(19)20)9-14(13)18/h5-6,9,11H,2-4,7-8,10H2,1H3,(H,19,20). The van der Waals surface area contributed by atoms with Gasteiger partial charge in [0, 0.05) is 11.3 Å². The summed E-state index contributed by atoms with van der Waals surface area (Å²) in [5.74, 6) is -0.887. The minimum atomic E-state index is -0.887. The van der Waals surface area contributed by atoms with Crippen LogP contribution in [0.1, 0.15) is 42.5 Å². The van der Waals surface area contributed by atoms with Crippen molar-refractivity contribution in [3.05, 3.63) is 30.1 Å². The highest BCUT2D eigenvalue weighted by atomic mass is 32.2. The monoisotopic (exact) mass is 304 g/mol. The summed E-state index contributed by atoms with van der Waals surface area (Å²) in [6, 6.07) is 5.15. The van der Waals surface area contributed by atoms with Crippen LogP contribution in [-0.4, -0.2) is 31.6 Å². The van der Waals surface area contributed by atoms with Crippen molar-refractivity contribution >= 4 is 28.8 Å². The molecule has 21 heavy (non-hydrogen) atoms. The van der Waals surface area contributed by atoms with Crippen LogP contribution in [0, 0.1) is 0 Å². The van der Waals surface area contributed by atoms with Gasteiger partial charge in [-0.3, -0.25) is 0 Å². The number of fused-ring (bicyclic) bond motifs is 1. The van der Waals surface area contributed by atoms with Gasteiger partial charge in [-0.1, -0.05) is 19.3 Å². The van der Waals surface area contributed by atoms with E-state index in [1.807, 2.05) is 18.1 Å². The van der Waals surface area contributed by atoms with Gasteiger partial charge in [-0.05, 0) is 37.3 Å². The Labute approximate surface area is 128 Å². The Morgan fingerprint density at radius 3 is 2.81 bits per heavy atom. The zero-order valence-corrected chi connectivity index (χ0v) is 13.0. The van der Waals surface area contributed by atoms with Crippen molar-refractivity contribution in [2.24, 2.45) is 0 Å². The van der Waals surface area contributed by atoms with E-state index in [2.05, 4.69) is 15.8 Å². The van der Waals surface area contributed by atoms with E-state index in [0.29, 0.717) is 5.56 Å². The van der Waals surface area contributed by atoms with Crippen LogP contribution < -0.4 is 0 Å². The fourth-order valence-electron chi connectivity index (χ4n) is 3.25. The van der Waals surface area contributed by atoms with Crippen LogP contribution in [0.5, 0.6) is 0 Å². The maximum atomic E-state index is 11.2. The van der Waals surface area contributed by atoms with Crippen molar-refractivity contribution in [2.45, 2.75) is 43.4 Å². The fraction of sp³-hybridized carbons (Fsp3) is 0.500. The predicted molar refractivity (Wildman–Crippen MR) is 86.0 cm³/mol. The lowest BCUT2D eigenvalue weighted by Gasteiger charge is -2.36. The number of benzene rings is 1. The third-order valence-corrected chi connectivity index (χ3v) is 5.93. The summed E-state index contributed by atoms with van der Waals surface area (Å²) < 4.78 is 2.40. The smallest absolute Gasteiger partial charge is 0.335 e.